The number of rotatable bonds is 4. The van der Waals surface area contributed by atoms with Crippen LogP contribution in [-0.2, 0) is 11.3 Å². The lowest BCUT2D eigenvalue weighted by molar-refractivity contribution is 0.00544. The fraction of sp³-hybridized carbons (Fsp3) is 0.643. The van der Waals surface area contributed by atoms with Gasteiger partial charge in [-0.2, -0.15) is 0 Å². The van der Waals surface area contributed by atoms with Crippen molar-refractivity contribution < 1.29 is 9.53 Å². The summed E-state index contributed by atoms with van der Waals surface area (Å²) in [4.78, 5) is 11.7. The molecule has 1 aromatic rings. The number of nitrogens with zero attached hydrogens (tertiary/aromatic N) is 1. The Bertz CT molecular complexity index is 433. The van der Waals surface area contributed by atoms with Crippen molar-refractivity contribution in [2.24, 2.45) is 0 Å². The first-order valence-corrected chi connectivity index (χ1v) is 7.04. The Kier molecular flexibility index (Phi) is 4.46. The van der Waals surface area contributed by atoms with Gasteiger partial charge in [0.15, 0.2) is 5.78 Å². The Morgan fingerprint density at radius 2 is 2.28 bits per heavy atom. The maximum Gasteiger partial charge on any atom is 0.179 e. The van der Waals surface area contributed by atoms with E-state index in [-0.39, 0.29) is 17.8 Å². The van der Waals surface area contributed by atoms with Crippen molar-refractivity contribution in [1.29, 1.82) is 0 Å². The van der Waals surface area contributed by atoms with Crippen molar-refractivity contribution in [3.8, 4) is 0 Å². The molecule has 1 saturated heterocycles. The van der Waals surface area contributed by atoms with Gasteiger partial charge in [0.25, 0.3) is 0 Å². The molecule has 1 unspecified atom stereocenters. The van der Waals surface area contributed by atoms with Gasteiger partial charge in [0.05, 0.1) is 12.0 Å². The van der Waals surface area contributed by atoms with Gasteiger partial charge in [-0.1, -0.05) is 0 Å². The third-order valence-corrected chi connectivity index (χ3v) is 3.90. The monoisotopic (exact) mass is 269 g/mol. The van der Waals surface area contributed by atoms with Crippen LogP contribution in [0, 0.1) is 13.8 Å². The fourth-order valence-electron chi connectivity index (χ4n) is 2.59. The molecule has 100 valence electrons. The highest BCUT2D eigenvalue weighted by molar-refractivity contribution is 6.30. The molecule has 0 saturated carbocycles. The Labute approximate surface area is 113 Å². The van der Waals surface area contributed by atoms with Crippen LogP contribution in [-0.4, -0.2) is 28.9 Å². The normalized spacial score (nSPS) is 20.1. The number of hydrogen-bond acceptors (Lipinski definition) is 2. The molecular formula is C14H20ClNO2. The minimum Gasteiger partial charge on any atom is -0.376 e. The van der Waals surface area contributed by atoms with E-state index in [2.05, 4.69) is 4.57 Å². The number of Topliss-reactive ketones (excluding diaryl/α,β-unsaturated/α-hetero) is 1. The lowest BCUT2D eigenvalue weighted by Crippen LogP contribution is -2.25. The third-order valence-electron chi connectivity index (χ3n) is 3.66. The van der Waals surface area contributed by atoms with Gasteiger partial charge in [0.2, 0.25) is 0 Å². The number of hydrogen-bond donors (Lipinski definition) is 0. The number of carbonyl (C=O) groups is 1. The highest BCUT2D eigenvalue weighted by atomic mass is 35.5. The maximum absolute atomic E-state index is 11.7. The van der Waals surface area contributed by atoms with Crippen molar-refractivity contribution in [1.82, 2.24) is 4.57 Å². The van der Waals surface area contributed by atoms with E-state index in [1.54, 1.807) is 0 Å². The molecule has 2 heterocycles. The lowest BCUT2D eigenvalue weighted by Gasteiger charge is -2.24. The summed E-state index contributed by atoms with van der Waals surface area (Å²) in [6, 6.07) is 1.93. The van der Waals surface area contributed by atoms with Crippen molar-refractivity contribution in [2.75, 3.05) is 12.5 Å². The molecule has 1 atom stereocenters. The Morgan fingerprint density at radius 3 is 2.89 bits per heavy atom. The molecule has 18 heavy (non-hydrogen) atoms. The van der Waals surface area contributed by atoms with Crippen LogP contribution >= 0.6 is 11.6 Å². The molecule has 0 aliphatic carbocycles. The summed E-state index contributed by atoms with van der Waals surface area (Å²) in [7, 11) is 0. The number of ketones is 1. The van der Waals surface area contributed by atoms with E-state index in [1.165, 1.54) is 6.42 Å². The molecule has 0 amide bonds. The lowest BCUT2D eigenvalue weighted by atomic mass is 10.1. The van der Waals surface area contributed by atoms with Gasteiger partial charge in [0.1, 0.15) is 0 Å². The Balaban J connectivity index is 2.17. The van der Waals surface area contributed by atoms with Gasteiger partial charge in [0, 0.05) is 30.1 Å². The molecule has 4 heteroatoms. The van der Waals surface area contributed by atoms with E-state index in [0.717, 1.165) is 42.9 Å². The molecule has 1 aromatic heterocycles. The molecule has 1 aliphatic rings. The van der Waals surface area contributed by atoms with Gasteiger partial charge < -0.3 is 9.30 Å². The molecule has 2 rings (SSSR count). The smallest absolute Gasteiger partial charge is 0.179 e. The second kappa shape index (κ2) is 5.89. The largest absolute Gasteiger partial charge is 0.376 e. The summed E-state index contributed by atoms with van der Waals surface area (Å²) in [5, 5.41) is 0. The molecule has 1 fully saturated rings. The minimum absolute atomic E-state index is 0.000536. The number of ether oxygens (including phenoxy) is 1. The average Bonchev–Trinajstić information content (AvgIpc) is 2.67. The van der Waals surface area contributed by atoms with Crippen LogP contribution in [0.3, 0.4) is 0 Å². The Hall–Kier alpha value is -0.800. The molecule has 0 spiro atoms. The van der Waals surface area contributed by atoms with E-state index >= 15 is 0 Å². The second-order valence-electron chi connectivity index (χ2n) is 4.94. The van der Waals surface area contributed by atoms with Crippen LogP contribution in [0.15, 0.2) is 6.07 Å². The second-order valence-corrected chi connectivity index (χ2v) is 5.21. The Morgan fingerprint density at radius 1 is 1.50 bits per heavy atom. The zero-order chi connectivity index (χ0) is 13.1. The van der Waals surface area contributed by atoms with E-state index in [9.17, 15) is 4.79 Å². The van der Waals surface area contributed by atoms with Gasteiger partial charge in [-0.25, -0.2) is 0 Å². The number of aryl methyl sites for hydroxylation is 1. The summed E-state index contributed by atoms with van der Waals surface area (Å²) in [6.45, 7) is 5.71. The van der Waals surface area contributed by atoms with Crippen LogP contribution in [0.5, 0.6) is 0 Å². The molecule has 0 N–H and O–H groups in total. The molecule has 3 nitrogen and oxygen atoms in total. The molecular weight excluding hydrogens is 250 g/mol. The SMILES string of the molecule is Cc1cc(C(=O)CCl)c(C)n1CC1CCCCO1. The van der Waals surface area contributed by atoms with Gasteiger partial charge in [-0.05, 0) is 39.2 Å². The first kappa shape index (κ1) is 13.6. The van der Waals surface area contributed by atoms with Crippen LogP contribution in [0.25, 0.3) is 0 Å². The standard InChI is InChI=1S/C14H20ClNO2/c1-10-7-13(14(17)8-15)11(2)16(10)9-12-5-3-4-6-18-12/h7,12H,3-6,8-9H2,1-2H3. The van der Waals surface area contributed by atoms with Crippen LogP contribution in [0.4, 0.5) is 0 Å². The zero-order valence-electron chi connectivity index (χ0n) is 11.0. The number of alkyl halides is 1. The number of aromatic nitrogens is 1. The predicted octanol–water partition coefficient (Wildman–Crippen LogP) is 3.10. The van der Waals surface area contributed by atoms with E-state index in [4.69, 9.17) is 16.3 Å². The summed E-state index contributed by atoms with van der Waals surface area (Å²) in [6.07, 6.45) is 3.78. The third kappa shape index (κ3) is 2.78. The van der Waals surface area contributed by atoms with Gasteiger partial charge in [-0.15, -0.1) is 11.6 Å². The average molecular weight is 270 g/mol. The van der Waals surface area contributed by atoms with Crippen LogP contribution in [0.1, 0.15) is 41.0 Å². The van der Waals surface area contributed by atoms with Crippen molar-refractivity contribution in [3.63, 3.8) is 0 Å². The zero-order valence-corrected chi connectivity index (χ0v) is 11.8. The van der Waals surface area contributed by atoms with E-state index in [1.807, 2.05) is 19.9 Å². The molecule has 0 bridgehead atoms. The number of halogens is 1. The summed E-state index contributed by atoms with van der Waals surface area (Å²) in [5.41, 5.74) is 2.86. The molecule has 0 radical (unpaired) electrons. The summed E-state index contributed by atoms with van der Waals surface area (Å²) in [5.74, 6) is 0.0464. The van der Waals surface area contributed by atoms with Crippen LogP contribution < -0.4 is 0 Å². The topological polar surface area (TPSA) is 31.2 Å². The maximum atomic E-state index is 11.7. The predicted molar refractivity (Wildman–Crippen MR) is 72.5 cm³/mol. The van der Waals surface area contributed by atoms with Gasteiger partial charge >= 0.3 is 0 Å². The van der Waals surface area contributed by atoms with Crippen LogP contribution in [0.2, 0.25) is 0 Å². The summed E-state index contributed by atoms with van der Waals surface area (Å²) < 4.78 is 7.93. The molecule has 0 aromatic carbocycles. The summed E-state index contributed by atoms with van der Waals surface area (Å²) >= 11 is 5.63. The highest BCUT2D eigenvalue weighted by Crippen LogP contribution is 2.20. The quantitative estimate of drug-likeness (QED) is 0.621. The first-order chi connectivity index (χ1) is 8.63. The highest BCUT2D eigenvalue weighted by Gasteiger charge is 2.19. The van der Waals surface area contributed by atoms with Crippen molar-refractivity contribution in [3.05, 3.63) is 23.0 Å². The van der Waals surface area contributed by atoms with E-state index in [0.29, 0.717) is 0 Å². The number of carbonyl (C=O) groups excluding carboxylic acids is 1. The minimum atomic E-state index is 0.000536. The molecule has 1 aliphatic heterocycles. The van der Waals surface area contributed by atoms with E-state index < -0.39 is 0 Å². The van der Waals surface area contributed by atoms with Crippen molar-refractivity contribution in [2.45, 2.75) is 45.8 Å². The fourth-order valence-corrected chi connectivity index (χ4v) is 2.74. The van der Waals surface area contributed by atoms with Crippen molar-refractivity contribution >= 4 is 17.4 Å². The first-order valence-electron chi connectivity index (χ1n) is 6.51. The van der Waals surface area contributed by atoms with Gasteiger partial charge in [-0.3, -0.25) is 4.79 Å².